The Bertz CT molecular complexity index is 513. The van der Waals surface area contributed by atoms with Crippen molar-refractivity contribution in [2.24, 2.45) is 11.8 Å². The van der Waals surface area contributed by atoms with E-state index in [2.05, 4.69) is 35.4 Å². The average Bonchev–Trinajstić information content (AvgIpc) is 2.59. The van der Waals surface area contributed by atoms with Crippen LogP contribution < -0.4 is 10.6 Å². The highest BCUT2D eigenvalue weighted by Crippen LogP contribution is 2.21. The van der Waals surface area contributed by atoms with E-state index in [-0.39, 0.29) is 18.3 Å². The van der Waals surface area contributed by atoms with Gasteiger partial charge in [0.05, 0.1) is 0 Å². The molecule has 142 valence electrons. The average molecular weight is 368 g/mol. The number of hydrogen-bond donors (Lipinski definition) is 2. The first-order chi connectivity index (χ1) is 11.6. The zero-order valence-electron chi connectivity index (χ0n) is 15.9. The van der Waals surface area contributed by atoms with Crippen LogP contribution in [-0.4, -0.2) is 44.0 Å². The van der Waals surface area contributed by atoms with Crippen molar-refractivity contribution in [3.63, 3.8) is 0 Å². The van der Waals surface area contributed by atoms with E-state index in [1.54, 1.807) is 0 Å². The molecule has 0 bridgehead atoms. The Morgan fingerprint density at radius 1 is 1.28 bits per heavy atom. The minimum atomic E-state index is 0. The van der Waals surface area contributed by atoms with E-state index in [0.29, 0.717) is 5.92 Å². The van der Waals surface area contributed by atoms with Crippen LogP contribution in [0.4, 0.5) is 0 Å². The molecule has 0 aromatic heterocycles. The van der Waals surface area contributed by atoms with Crippen molar-refractivity contribution >= 4 is 18.3 Å². The van der Waals surface area contributed by atoms with Gasteiger partial charge in [-0.15, -0.1) is 12.4 Å². The number of likely N-dealkylation sites (tertiary alicyclic amines) is 1. The Labute approximate surface area is 159 Å². The highest BCUT2D eigenvalue weighted by atomic mass is 35.5. The first kappa shape index (κ1) is 21.9. The molecule has 0 spiro atoms. The Kier molecular flexibility index (Phi) is 10.1. The van der Waals surface area contributed by atoms with E-state index < -0.39 is 0 Å². The molecule has 1 fully saturated rings. The Hall–Kier alpha value is -1.10. The lowest BCUT2D eigenvalue weighted by Gasteiger charge is -2.32. The maximum atomic E-state index is 12.2. The number of halogens is 1. The molecule has 0 unspecified atom stereocenters. The quantitative estimate of drug-likeness (QED) is 0.740. The normalized spacial score (nSPS) is 15.8. The van der Waals surface area contributed by atoms with Gasteiger partial charge >= 0.3 is 0 Å². The topological polar surface area (TPSA) is 44.4 Å². The number of amides is 1. The summed E-state index contributed by atoms with van der Waals surface area (Å²) in [5.74, 6) is 1.37. The van der Waals surface area contributed by atoms with Crippen molar-refractivity contribution in [3.8, 4) is 0 Å². The van der Waals surface area contributed by atoms with Gasteiger partial charge in [-0.1, -0.05) is 26.0 Å². The monoisotopic (exact) mass is 367 g/mol. The van der Waals surface area contributed by atoms with Gasteiger partial charge in [0.25, 0.3) is 5.91 Å². The molecule has 1 aliphatic heterocycles. The molecule has 1 aromatic carbocycles. The van der Waals surface area contributed by atoms with Crippen LogP contribution in [0.25, 0.3) is 0 Å². The van der Waals surface area contributed by atoms with Gasteiger partial charge in [0.15, 0.2) is 0 Å². The first-order valence-corrected chi connectivity index (χ1v) is 9.32. The van der Waals surface area contributed by atoms with E-state index in [9.17, 15) is 4.79 Å². The number of hydrogen-bond acceptors (Lipinski definition) is 3. The van der Waals surface area contributed by atoms with Crippen LogP contribution in [-0.2, 0) is 6.54 Å². The van der Waals surface area contributed by atoms with Crippen LogP contribution in [0, 0.1) is 11.8 Å². The van der Waals surface area contributed by atoms with Crippen LogP contribution in [0.1, 0.15) is 49.0 Å². The summed E-state index contributed by atoms with van der Waals surface area (Å²) in [6.45, 7) is 9.34. The molecule has 0 atom stereocenters. The Morgan fingerprint density at radius 2 is 2.00 bits per heavy atom. The summed E-state index contributed by atoms with van der Waals surface area (Å²) in [6.07, 6.45) is 3.86. The van der Waals surface area contributed by atoms with E-state index >= 15 is 0 Å². The largest absolute Gasteiger partial charge is 0.352 e. The smallest absolute Gasteiger partial charge is 0.251 e. The lowest BCUT2D eigenvalue weighted by molar-refractivity contribution is 0.0948. The Balaban J connectivity index is 0.00000312. The molecule has 1 saturated heterocycles. The maximum absolute atomic E-state index is 12.2. The van der Waals surface area contributed by atoms with Crippen LogP contribution in [0.5, 0.6) is 0 Å². The van der Waals surface area contributed by atoms with Gasteiger partial charge in [0.2, 0.25) is 0 Å². The summed E-state index contributed by atoms with van der Waals surface area (Å²) >= 11 is 0. The number of nitrogens with one attached hydrogen (secondary N) is 2. The van der Waals surface area contributed by atoms with Crippen LogP contribution in [0.3, 0.4) is 0 Å². The molecule has 1 amide bonds. The zero-order valence-corrected chi connectivity index (χ0v) is 16.7. The van der Waals surface area contributed by atoms with Crippen molar-refractivity contribution in [3.05, 3.63) is 35.4 Å². The number of carbonyl (C=O) groups is 1. The summed E-state index contributed by atoms with van der Waals surface area (Å²) in [5.41, 5.74) is 2.01. The van der Waals surface area contributed by atoms with Gasteiger partial charge < -0.3 is 10.6 Å². The van der Waals surface area contributed by atoms with Gasteiger partial charge in [0.1, 0.15) is 0 Å². The van der Waals surface area contributed by atoms with E-state index in [0.717, 1.165) is 44.2 Å². The van der Waals surface area contributed by atoms with Gasteiger partial charge in [-0.3, -0.25) is 9.69 Å². The summed E-state index contributed by atoms with van der Waals surface area (Å²) < 4.78 is 0. The molecule has 1 aliphatic rings. The fourth-order valence-corrected chi connectivity index (χ4v) is 3.25. The number of carbonyl (C=O) groups excluding carboxylic acids is 1. The van der Waals surface area contributed by atoms with Crippen LogP contribution in [0.2, 0.25) is 0 Å². The van der Waals surface area contributed by atoms with Crippen molar-refractivity contribution in [1.82, 2.24) is 15.5 Å². The van der Waals surface area contributed by atoms with Gasteiger partial charge in [-0.25, -0.2) is 0 Å². The van der Waals surface area contributed by atoms with Crippen LogP contribution in [0.15, 0.2) is 24.3 Å². The number of nitrogens with zero attached hydrogens (tertiary/aromatic N) is 1. The second-order valence-corrected chi connectivity index (χ2v) is 7.42. The SMILES string of the molecule is CNCCC1CCN(Cc2cccc(C(=O)NCC(C)C)c2)CC1.Cl. The molecule has 0 saturated carbocycles. The molecule has 2 rings (SSSR count). The summed E-state index contributed by atoms with van der Waals surface area (Å²) in [6, 6.07) is 8.08. The molecule has 0 radical (unpaired) electrons. The standard InChI is InChI=1S/C20H33N3O.ClH/c1-16(2)14-22-20(24)19-6-4-5-18(13-19)15-23-11-8-17(9-12-23)7-10-21-3;/h4-6,13,16-17,21H,7-12,14-15H2,1-3H3,(H,22,24);1H. The lowest BCUT2D eigenvalue weighted by Crippen LogP contribution is -2.34. The zero-order chi connectivity index (χ0) is 17.4. The Morgan fingerprint density at radius 3 is 2.64 bits per heavy atom. The first-order valence-electron chi connectivity index (χ1n) is 9.32. The second kappa shape index (κ2) is 11.5. The molecule has 4 nitrogen and oxygen atoms in total. The molecular weight excluding hydrogens is 334 g/mol. The predicted octanol–water partition coefficient (Wildman–Crippen LogP) is 3.32. The predicted molar refractivity (Wildman–Crippen MR) is 107 cm³/mol. The van der Waals surface area contributed by atoms with Crippen molar-refractivity contribution < 1.29 is 4.79 Å². The third kappa shape index (κ3) is 7.76. The van der Waals surface area contributed by atoms with Crippen molar-refractivity contribution in [2.75, 3.05) is 33.2 Å². The van der Waals surface area contributed by atoms with Crippen molar-refractivity contribution in [1.29, 1.82) is 0 Å². The third-order valence-corrected chi connectivity index (χ3v) is 4.78. The molecule has 1 aromatic rings. The van der Waals surface area contributed by atoms with Gasteiger partial charge in [-0.2, -0.15) is 0 Å². The number of piperidine rings is 1. The highest BCUT2D eigenvalue weighted by Gasteiger charge is 2.19. The summed E-state index contributed by atoms with van der Waals surface area (Å²) in [7, 11) is 2.03. The summed E-state index contributed by atoms with van der Waals surface area (Å²) in [5, 5.41) is 6.24. The van der Waals surface area contributed by atoms with Crippen LogP contribution >= 0.6 is 12.4 Å². The van der Waals surface area contributed by atoms with E-state index in [1.165, 1.54) is 24.8 Å². The van der Waals surface area contributed by atoms with Gasteiger partial charge in [0, 0.05) is 18.7 Å². The highest BCUT2D eigenvalue weighted by molar-refractivity contribution is 5.94. The van der Waals surface area contributed by atoms with E-state index in [4.69, 9.17) is 0 Å². The number of rotatable bonds is 8. The van der Waals surface area contributed by atoms with E-state index in [1.807, 2.05) is 25.2 Å². The molecule has 25 heavy (non-hydrogen) atoms. The van der Waals surface area contributed by atoms with Gasteiger partial charge in [-0.05, 0) is 75.5 Å². The molecule has 1 heterocycles. The minimum Gasteiger partial charge on any atom is -0.352 e. The lowest BCUT2D eigenvalue weighted by atomic mass is 9.93. The summed E-state index contributed by atoms with van der Waals surface area (Å²) in [4.78, 5) is 14.7. The molecule has 5 heteroatoms. The molecular formula is C20H34ClN3O. The number of benzene rings is 1. The molecule has 0 aliphatic carbocycles. The minimum absolute atomic E-state index is 0. The second-order valence-electron chi connectivity index (χ2n) is 7.42. The maximum Gasteiger partial charge on any atom is 0.251 e. The van der Waals surface area contributed by atoms with Crippen molar-refractivity contribution in [2.45, 2.75) is 39.7 Å². The molecule has 2 N–H and O–H groups in total. The fraction of sp³-hybridized carbons (Fsp3) is 0.650. The fourth-order valence-electron chi connectivity index (χ4n) is 3.25. The third-order valence-electron chi connectivity index (χ3n) is 4.78.